The van der Waals surface area contributed by atoms with Gasteiger partial charge in [0, 0.05) is 29.6 Å². The number of rotatable bonds is 6. The van der Waals surface area contributed by atoms with E-state index in [1.54, 1.807) is 16.0 Å². The number of allylic oxidation sites excluding steroid dienone is 2. The molecule has 1 aliphatic carbocycles. The molecule has 0 N–H and O–H groups in total. The average molecular weight is 505 g/mol. The minimum atomic E-state index is -0.115. The molecule has 0 bridgehead atoms. The Kier molecular flexibility index (Phi) is 6.93. The second-order valence-corrected chi connectivity index (χ2v) is 10.2. The minimum absolute atomic E-state index is 0.115. The van der Waals surface area contributed by atoms with Crippen molar-refractivity contribution in [3.8, 4) is 16.9 Å². The molecular formula is C28H29ClN4OS. The van der Waals surface area contributed by atoms with E-state index < -0.39 is 0 Å². The third-order valence-corrected chi connectivity index (χ3v) is 7.79. The fourth-order valence-electron chi connectivity index (χ4n) is 4.68. The fraction of sp³-hybridized carbons (Fsp3) is 0.286. The highest BCUT2D eigenvalue weighted by atomic mass is 35.5. The number of para-hydroxylation sites is 1. The first-order valence-corrected chi connectivity index (χ1v) is 13.3. The molecule has 2 aromatic heterocycles. The van der Waals surface area contributed by atoms with Crippen LogP contribution in [0.3, 0.4) is 0 Å². The highest BCUT2D eigenvalue weighted by Crippen LogP contribution is 2.26. The van der Waals surface area contributed by atoms with E-state index >= 15 is 0 Å². The Morgan fingerprint density at radius 3 is 2.66 bits per heavy atom. The maximum absolute atomic E-state index is 13.5. The van der Waals surface area contributed by atoms with E-state index in [9.17, 15) is 4.79 Å². The van der Waals surface area contributed by atoms with Crippen LogP contribution in [0.5, 0.6) is 0 Å². The quantitative estimate of drug-likeness (QED) is 0.266. The summed E-state index contributed by atoms with van der Waals surface area (Å²) in [6.45, 7) is 2.76. The van der Waals surface area contributed by atoms with E-state index in [-0.39, 0.29) is 5.56 Å². The van der Waals surface area contributed by atoms with Crippen molar-refractivity contribution in [3.05, 3.63) is 97.5 Å². The minimum Gasteiger partial charge on any atom is -0.316 e. The Labute approximate surface area is 214 Å². The van der Waals surface area contributed by atoms with Gasteiger partial charge >= 0.3 is 0 Å². The van der Waals surface area contributed by atoms with Gasteiger partial charge in [0.05, 0.1) is 17.1 Å². The summed E-state index contributed by atoms with van der Waals surface area (Å²) in [5.74, 6) is 0. The van der Waals surface area contributed by atoms with Gasteiger partial charge < -0.3 is 4.57 Å². The summed E-state index contributed by atoms with van der Waals surface area (Å²) in [6, 6.07) is 17.6. The zero-order valence-electron chi connectivity index (χ0n) is 20.1. The summed E-state index contributed by atoms with van der Waals surface area (Å²) in [5, 5.41) is 2.83. The number of nitrogens with zero attached hydrogens (tertiary/aromatic N) is 4. The number of thiazole rings is 1. The third kappa shape index (κ3) is 4.86. The van der Waals surface area contributed by atoms with Crippen LogP contribution in [-0.2, 0) is 13.6 Å². The molecule has 0 spiro atoms. The van der Waals surface area contributed by atoms with Crippen LogP contribution in [0.25, 0.3) is 16.9 Å². The van der Waals surface area contributed by atoms with E-state index in [0.717, 1.165) is 40.4 Å². The van der Waals surface area contributed by atoms with Gasteiger partial charge in [-0.25, -0.2) is 9.67 Å². The van der Waals surface area contributed by atoms with Gasteiger partial charge in [-0.05, 0) is 63.3 Å². The van der Waals surface area contributed by atoms with Crippen molar-refractivity contribution in [3.63, 3.8) is 0 Å². The second kappa shape index (κ2) is 10.3. The molecule has 5 rings (SSSR count). The first-order chi connectivity index (χ1) is 17.0. The lowest BCUT2D eigenvalue weighted by Crippen LogP contribution is -2.20. The molecule has 4 aromatic rings. The molecule has 180 valence electrons. The van der Waals surface area contributed by atoms with Gasteiger partial charge in [0.25, 0.3) is 5.56 Å². The maximum Gasteiger partial charge on any atom is 0.297 e. The lowest BCUT2D eigenvalue weighted by atomic mass is 9.97. The Balaban J connectivity index is 1.62. The number of halogens is 1. The van der Waals surface area contributed by atoms with E-state index in [1.807, 2.05) is 67.2 Å². The Morgan fingerprint density at radius 1 is 1.09 bits per heavy atom. The van der Waals surface area contributed by atoms with E-state index in [2.05, 4.69) is 22.1 Å². The van der Waals surface area contributed by atoms with Crippen LogP contribution < -0.4 is 10.4 Å². The first kappa shape index (κ1) is 23.6. The van der Waals surface area contributed by atoms with Crippen LogP contribution >= 0.6 is 22.9 Å². The van der Waals surface area contributed by atoms with Gasteiger partial charge in [-0.2, -0.15) is 0 Å². The van der Waals surface area contributed by atoms with Crippen LogP contribution in [-0.4, -0.2) is 13.9 Å². The molecule has 0 amide bonds. The van der Waals surface area contributed by atoms with E-state index in [1.165, 1.54) is 31.3 Å². The summed E-state index contributed by atoms with van der Waals surface area (Å²) in [4.78, 5) is 19.2. The Bertz CT molecular complexity index is 1500. The van der Waals surface area contributed by atoms with Gasteiger partial charge in [0.1, 0.15) is 0 Å². The predicted molar refractivity (Wildman–Crippen MR) is 145 cm³/mol. The van der Waals surface area contributed by atoms with Gasteiger partial charge in [-0.3, -0.25) is 9.48 Å². The highest BCUT2D eigenvalue weighted by Gasteiger charge is 2.17. The smallest absolute Gasteiger partial charge is 0.297 e. The summed E-state index contributed by atoms with van der Waals surface area (Å²) < 4.78 is 5.79. The largest absolute Gasteiger partial charge is 0.316 e. The second-order valence-electron chi connectivity index (χ2n) is 8.95. The van der Waals surface area contributed by atoms with Crippen molar-refractivity contribution in [2.45, 2.75) is 45.6 Å². The lowest BCUT2D eigenvalue weighted by molar-refractivity contribution is 0.620. The van der Waals surface area contributed by atoms with Gasteiger partial charge in [0.2, 0.25) is 0 Å². The molecule has 35 heavy (non-hydrogen) atoms. The first-order valence-electron chi connectivity index (χ1n) is 12.0. The molecule has 0 saturated heterocycles. The van der Waals surface area contributed by atoms with Crippen molar-refractivity contribution < 1.29 is 0 Å². The molecule has 0 atom stereocenters. The van der Waals surface area contributed by atoms with Crippen LogP contribution in [0.15, 0.2) is 81.4 Å². The predicted octanol–water partition coefficient (Wildman–Crippen LogP) is 6.79. The fourth-order valence-corrected chi connectivity index (χ4v) is 5.81. The SMILES string of the molecule is Cc1c(N=c2scc(-c3cccc(Cl)c3)n2CCC2=CCCCC2)c(=O)n(-c2ccccc2)n1C. The summed E-state index contributed by atoms with van der Waals surface area (Å²) in [7, 11) is 1.90. The molecule has 2 aromatic carbocycles. The van der Waals surface area contributed by atoms with Crippen LogP contribution in [0.1, 0.15) is 37.8 Å². The van der Waals surface area contributed by atoms with Gasteiger partial charge in [-0.15, -0.1) is 11.3 Å². The van der Waals surface area contributed by atoms with Crippen molar-refractivity contribution in [2.75, 3.05) is 0 Å². The van der Waals surface area contributed by atoms with Gasteiger partial charge in [0.15, 0.2) is 10.5 Å². The molecule has 5 nitrogen and oxygen atoms in total. The molecule has 0 fully saturated rings. The van der Waals surface area contributed by atoms with Crippen LogP contribution in [0, 0.1) is 6.92 Å². The van der Waals surface area contributed by atoms with E-state index in [4.69, 9.17) is 16.6 Å². The van der Waals surface area contributed by atoms with Crippen molar-refractivity contribution >= 4 is 28.6 Å². The molecule has 0 aliphatic heterocycles. The Hall–Kier alpha value is -3.09. The average Bonchev–Trinajstić information content (AvgIpc) is 3.37. The number of aromatic nitrogens is 3. The maximum atomic E-state index is 13.5. The van der Waals surface area contributed by atoms with Crippen molar-refractivity contribution in [1.82, 2.24) is 13.9 Å². The van der Waals surface area contributed by atoms with Crippen LogP contribution in [0.2, 0.25) is 5.02 Å². The van der Waals surface area contributed by atoms with Crippen molar-refractivity contribution in [1.29, 1.82) is 0 Å². The lowest BCUT2D eigenvalue weighted by Gasteiger charge is -2.14. The van der Waals surface area contributed by atoms with Crippen molar-refractivity contribution in [2.24, 2.45) is 12.0 Å². The van der Waals surface area contributed by atoms with E-state index in [0.29, 0.717) is 10.7 Å². The van der Waals surface area contributed by atoms with Gasteiger partial charge in [-0.1, -0.05) is 53.6 Å². The number of hydrogen-bond acceptors (Lipinski definition) is 3. The zero-order valence-corrected chi connectivity index (χ0v) is 21.6. The number of hydrogen-bond donors (Lipinski definition) is 0. The highest BCUT2D eigenvalue weighted by molar-refractivity contribution is 7.07. The molecule has 0 saturated carbocycles. The number of benzene rings is 2. The van der Waals surface area contributed by atoms with Crippen LogP contribution in [0.4, 0.5) is 5.69 Å². The normalized spacial score (nSPS) is 14.4. The third-order valence-electron chi connectivity index (χ3n) is 6.69. The monoisotopic (exact) mass is 504 g/mol. The molecule has 1 aliphatic rings. The topological polar surface area (TPSA) is 44.2 Å². The zero-order chi connectivity index (χ0) is 24.4. The molecule has 0 radical (unpaired) electrons. The summed E-state index contributed by atoms with van der Waals surface area (Å²) in [6.07, 6.45) is 8.27. The summed E-state index contributed by atoms with van der Waals surface area (Å²) >= 11 is 7.88. The Morgan fingerprint density at radius 2 is 1.91 bits per heavy atom. The molecule has 7 heteroatoms. The molecule has 0 unspecified atom stereocenters. The standard InChI is InChI=1S/C28H29ClN4OS/c1-20-26(27(34)33(31(20)2)24-14-7-4-8-15-24)30-28-32(17-16-21-10-5-3-6-11-21)25(19-35-28)22-12-9-13-23(29)18-22/h4,7-10,12-15,18-19H,3,5-6,11,16-17H2,1-2H3. The molecular weight excluding hydrogens is 476 g/mol. The summed E-state index contributed by atoms with van der Waals surface area (Å²) in [5.41, 5.74) is 5.66. The molecule has 2 heterocycles.